The number of hydrogen-bond donors (Lipinski definition) is 0. The van der Waals surface area contributed by atoms with Crippen molar-refractivity contribution in [1.82, 2.24) is 9.80 Å². The molecule has 7 heteroatoms. The lowest BCUT2D eigenvalue weighted by molar-refractivity contribution is -0.167. The SMILES string of the molecule is CC(C)(C)[Si](C)(C)OCCC1CCN(C(=O)CCCc2cccc(C3(C(=O)OC4CN5CCC4CC5)CCCCC3)c2)CC1. The van der Waals surface area contributed by atoms with E-state index in [-0.39, 0.29) is 17.1 Å². The van der Waals surface area contributed by atoms with E-state index in [0.29, 0.717) is 24.2 Å². The molecule has 1 saturated carbocycles. The lowest BCUT2D eigenvalue weighted by atomic mass is 9.69. The van der Waals surface area contributed by atoms with Crippen LogP contribution in [0, 0.1) is 11.8 Å². The van der Waals surface area contributed by atoms with Gasteiger partial charge in [-0.2, -0.15) is 0 Å². The predicted octanol–water partition coefficient (Wildman–Crippen LogP) is 7.50. The highest BCUT2D eigenvalue weighted by atomic mass is 28.4. The first-order chi connectivity index (χ1) is 21.0. The van der Waals surface area contributed by atoms with Crippen molar-refractivity contribution in [2.24, 2.45) is 11.8 Å². The summed E-state index contributed by atoms with van der Waals surface area (Å²) in [4.78, 5) is 31.6. The van der Waals surface area contributed by atoms with E-state index in [2.05, 4.69) is 67.9 Å². The molecule has 0 spiro atoms. The number of likely N-dealkylation sites (tertiary alicyclic amines) is 1. The van der Waals surface area contributed by atoms with Crippen LogP contribution in [0.5, 0.6) is 0 Å². The molecular formula is C37H60N2O4Si. The molecule has 1 unspecified atom stereocenters. The van der Waals surface area contributed by atoms with E-state index in [0.717, 1.165) is 116 Å². The smallest absolute Gasteiger partial charge is 0.316 e. The van der Waals surface area contributed by atoms with Gasteiger partial charge in [-0.15, -0.1) is 0 Å². The highest BCUT2D eigenvalue weighted by Crippen LogP contribution is 2.42. The third kappa shape index (κ3) is 7.98. The fourth-order valence-corrected chi connectivity index (χ4v) is 8.92. The van der Waals surface area contributed by atoms with Gasteiger partial charge in [0, 0.05) is 32.7 Å². The molecule has 6 rings (SSSR count). The molecule has 6 nitrogen and oxygen atoms in total. The number of esters is 1. The minimum absolute atomic E-state index is 0.0123. The van der Waals surface area contributed by atoms with Gasteiger partial charge >= 0.3 is 5.97 Å². The average Bonchev–Trinajstić information content (AvgIpc) is 3.02. The summed E-state index contributed by atoms with van der Waals surface area (Å²) in [5.41, 5.74) is 1.85. The van der Waals surface area contributed by atoms with Gasteiger partial charge in [0.2, 0.25) is 5.91 Å². The monoisotopic (exact) mass is 624 g/mol. The Hall–Kier alpha value is -1.70. The lowest BCUT2D eigenvalue weighted by Gasteiger charge is -2.45. The van der Waals surface area contributed by atoms with Gasteiger partial charge in [-0.25, -0.2) is 0 Å². The number of carbonyl (C=O) groups is 2. The van der Waals surface area contributed by atoms with Crippen LogP contribution in [0.1, 0.15) is 109 Å². The normalized spacial score (nSPS) is 26.0. The van der Waals surface area contributed by atoms with Crippen LogP contribution < -0.4 is 0 Å². The summed E-state index contributed by atoms with van der Waals surface area (Å²) in [6.07, 6.45) is 13.1. The Morgan fingerprint density at radius 2 is 1.68 bits per heavy atom. The van der Waals surface area contributed by atoms with Crippen molar-refractivity contribution in [3.8, 4) is 0 Å². The number of ether oxygens (including phenoxy) is 1. The zero-order chi connectivity index (χ0) is 31.4. The molecule has 246 valence electrons. The van der Waals surface area contributed by atoms with Gasteiger partial charge in [0.15, 0.2) is 8.32 Å². The summed E-state index contributed by atoms with van der Waals surface area (Å²) >= 11 is 0. The highest BCUT2D eigenvalue weighted by Gasteiger charge is 2.46. The highest BCUT2D eigenvalue weighted by molar-refractivity contribution is 6.74. The van der Waals surface area contributed by atoms with Crippen molar-refractivity contribution in [1.29, 1.82) is 0 Å². The third-order valence-corrected chi connectivity index (χ3v) is 16.6. The maximum absolute atomic E-state index is 13.9. The number of piperidine rings is 4. The summed E-state index contributed by atoms with van der Waals surface area (Å²) in [7, 11) is -1.69. The minimum Gasteiger partial charge on any atom is -0.460 e. The average molecular weight is 625 g/mol. The number of rotatable bonds is 11. The van der Waals surface area contributed by atoms with Gasteiger partial charge in [-0.3, -0.25) is 14.5 Å². The first-order valence-corrected chi connectivity index (χ1v) is 20.8. The standard InChI is InChI=1S/C37H60N2O4Si/c1-36(2,3)44(4,5)42-26-19-29-15-24-39(25-16-29)34(40)14-10-12-30-11-9-13-32(27-30)37(20-7-6-8-21-37)35(41)43-33-28-38-22-17-31(33)18-23-38/h9,11,13,27,29,31,33H,6-8,10,12,14-26,28H2,1-5H3. The van der Waals surface area contributed by atoms with E-state index >= 15 is 0 Å². The molecule has 1 aromatic carbocycles. The van der Waals surface area contributed by atoms with Crippen LogP contribution in [-0.4, -0.2) is 75.4 Å². The minimum atomic E-state index is -1.69. The molecule has 4 saturated heterocycles. The molecule has 0 radical (unpaired) electrons. The Labute approximate surface area is 268 Å². The van der Waals surface area contributed by atoms with E-state index in [4.69, 9.17) is 9.16 Å². The molecule has 0 N–H and O–H groups in total. The fraction of sp³-hybridized carbons (Fsp3) is 0.784. The van der Waals surface area contributed by atoms with E-state index in [1.807, 2.05) is 0 Å². The van der Waals surface area contributed by atoms with Crippen LogP contribution in [-0.2, 0) is 30.6 Å². The Bertz CT molecular complexity index is 1110. The zero-order valence-electron chi connectivity index (χ0n) is 28.5. The Morgan fingerprint density at radius 1 is 0.977 bits per heavy atom. The van der Waals surface area contributed by atoms with Crippen molar-refractivity contribution >= 4 is 20.2 Å². The van der Waals surface area contributed by atoms with Crippen molar-refractivity contribution in [3.63, 3.8) is 0 Å². The van der Waals surface area contributed by atoms with Crippen LogP contribution in [0.3, 0.4) is 0 Å². The van der Waals surface area contributed by atoms with Crippen LogP contribution >= 0.6 is 0 Å². The second-order valence-electron chi connectivity index (χ2n) is 16.0. The first-order valence-electron chi connectivity index (χ1n) is 17.9. The van der Waals surface area contributed by atoms with Crippen LogP contribution in [0.2, 0.25) is 18.1 Å². The maximum atomic E-state index is 13.9. The molecular weight excluding hydrogens is 565 g/mol. The molecule has 0 aromatic heterocycles. The number of aryl methyl sites for hydroxylation is 1. The summed E-state index contributed by atoms with van der Waals surface area (Å²) in [5, 5.41) is 0.250. The number of nitrogens with zero attached hydrogens (tertiary/aromatic N) is 2. The summed E-state index contributed by atoms with van der Waals surface area (Å²) in [6, 6.07) is 8.69. The Balaban J connectivity index is 1.09. The summed E-state index contributed by atoms with van der Waals surface area (Å²) in [6.45, 7) is 17.4. The van der Waals surface area contributed by atoms with Gasteiger partial charge in [0.05, 0.1) is 5.41 Å². The molecule has 1 aliphatic carbocycles. The van der Waals surface area contributed by atoms with Crippen LogP contribution in [0.15, 0.2) is 24.3 Å². The molecule has 4 aliphatic heterocycles. The molecule has 4 heterocycles. The Morgan fingerprint density at radius 3 is 2.32 bits per heavy atom. The molecule has 1 amide bonds. The predicted molar refractivity (Wildman–Crippen MR) is 180 cm³/mol. The molecule has 5 aliphatic rings. The van der Waals surface area contributed by atoms with Crippen molar-refractivity contribution in [2.45, 2.75) is 134 Å². The number of amides is 1. The number of benzene rings is 1. The van der Waals surface area contributed by atoms with Gasteiger partial charge in [-0.1, -0.05) is 64.3 Å². The van der Waals surface area contributed by atoms with Gasteiger partial charge in [0.25, 0.3) is 0 Å². The zero-order valence-corrected chi connectivity index (χ0v) is 29.5. The van der Waals surface area contributed by atoms with Gasteiger partial charge in [-0.05, 0) is 112 Å². The molecule has 5 fully saturated rings. The summed E-state index contributed by atoms with van der Waals surface area (Å²) < 4.78 is 12.8. The molecule has 44 heavy (non-hydrogen) atoms. The van der Waals surface area contributed by atoms with Gasteiger partial charge < -0.3 is 14.1 Å². The quantitative estimate of drug-likeness (QED) is 0.189. The Kier molecular flexibility index (Phi) is 11.0. The molecule has 2 bridgehead atoms. The topological polar surface area (TPSA) is 59.1 Å². The summed E-state index contributed by atoms with van der Waals surface area (Å²) in [5.74, 6) is 1.50. The third-order valence-electron chi connectivity index (χ3n) is 12.1. The van der Waals surface area contributed by atoms with Gasteiger partial charge in [0.1, 0.15) is 6.10 Å². The number of carbonyl (C=O) groups excluding carboxylic acids is 2. The molecule has 1 atom stereocenters. The lowest BCUT2D eigenvalue weighted by Crippen LogP contribution is -2.53. The second kappa shape index (κ2) is 14.4. The maximum Gasteiger partial charge on any atom is 0.316 e. The second-order valence-corrected chi connectivity index (χ2v) is 20.8. The van der Waals surface area contributed by atoms with E-state index in [1.165, 1.54) is 12.0 Å². The number of fused-ring (bicyclic) bond motifs is 3. The van der Waals surface area contributed by atoms with E-state index in [1.54, 1.807) is 0 Å². The van der Waals surface area contributed by atoms with Crippen molar-refractivity contribution in [3.05, 3.63) is 35.4 Å². The van der Waals surface area contributed by atoms with Crippen LogP contribution in [0.25, 0.3) is 0 Å². The van der Waals surface area contributed by atoms with Crippen LogP contribution in [0.4, 0.5) is 0 Å². The fourth-order valence-electron chi connectivity index (χ4n) is 7.86. The van der Waals surface area contributed by atoms with E-state index in [9.17, 15) is 9.59 Å². The largest absolute Gasteiger partial charge is 0.460 e. The van der Waals surface area contributed by atoms with Crippen molar-refractivity contribution < 1.29 is 18.8 Å². The first kappa shape index (κ1) is 33.7. The van der Waals surface area contributed by atoms with E-state index < -0.39 is 13.7 Å². The van der Waals surface area contributed by atoms with Crippen molar-refractivity contribution in [2.75, 3.05) is 39.3 Å². The molecule has 1 aromatic rings. The number of hydrogen-bond acceptors (Lipinski definition) is 5.